The molecule has 0 bridgehead atoms. The zero-order valence-corrected chi connectivity index (χ0v) is 13.9. The van der Waals surface area contributed by atoms with E-state index in [4.69, 9.17) is 4.74 Å². The van der Waals surface area contributed by atoms with E-state index in [0.717, 1.165) is 22.4 Å². The van der Waals surface area contributed by atoms with Gasteiger partial charge in [0.25, 0.3) is 0 Å². The lowest BCUT2D eigenvalue weighted by atomic mass is 9.99. The van der Waals surface area contributed by atoms with Crippen LogP contribution >= 0.6 is 0 Å². The predicted molar refractivity (Wildman–Crippen MR) is 97.7 cm³/mol. The van der Waals surface area contributed by atoms with Gasteiger partial charge >= 0.3 is 0 Å². The summed E-state index contributed by atoms with van der Waals surface area (Å²) in [5, 5.41) is 0. The lowest BCUT2D eigenvalue weighted by Gasteiger charge is -2.08. The van der Waals surface area contributed by atoms with Crippen LogP contribution in [0, 0.1) is 18.6 Å². The van der Waals surface area contributed by atoms with Crippen LogP contribution in [0.15, 0.2) is 73.3 Å². The third-order valence-corrected chi connectivity index (χ3v) is 4.05. The van der Waals surface area contributed by atoms with E-state index in [1.807, 2.05) is 48.5 Å². The Bertz CT molecular complexity index is 858. The minimum Gasteiger partial charge on any atom is -0.490 e. The maximum absolute atomic E-state index is 13.7. The summed E-state index contributed by atoms with van der Waals surface area (Å²) in [6.07, 6.45) is 1.70. The Morgan fingerprint density at radius 2 is 1.24 bits per heavy atom. The Balaban J connectivity index is 1.84. The van der Waals surface area contributed by atoms with E-state index in [9.17, 15) is 8.78 Å². The molecule has 0 fully saturated rings. The van der Waals surface area contributed by atoms with Crippen molar-refractivity contribution in [3.8, 4) is 28.0 Å². The van der Waals surface area contributed by atoms with Crippen LogP contribution in [0.25, 0.3) is 22.3 Å². The molecule has 0 unspecified atom stereocenters. The minimum absolute atomic E-state index is 0.0409. The van der Waals surface area contributed by atoms with Gasteiger partial charge in [0.2, 0.25) is 0 Å². The maximum Gasteiger partial charge on any atom is 0.129 e. The minimum atomic E-state index is -0.533. The summed E-state index contributed by atoms with van der Waals surface area (Å²) in [4.78, 5) is 0. The first-order valence-corrected chi connectivity index (χ1v) is 7.98. The van der Waals surface area contributed by atoms with E-state index < -0.39 is 11.6 Å². The number of rotatable bonds is 5. The van der Waals surface area contributed by atoms with Gasteiger partial charge in [-0.3, -0.25) is 0 Å². The average molecular weight is 336 g/mol. The van der Waals surface area contributed by atoms with Gasteiger partial charge in [-0.05, 0) is 53.4 Å². The van der Waals surface area contributed by atoms with Crippen molar-refractivity contribution in [1.82, 2.24) is 0 Å². The van der Waals surface area contributed by atoms with Crippen molar-refractivity contribution in [2.24, 2.45) is 0 Å². The van der Waals surface area contributed by atoms with E-state index >= 15 is 0 Å². The summed E-state index contributed by atoms with van der Waals surface area (Å²) in [7, 11) is 0. The summed E-state index contributed by atoms with van der Waals surface area (Å²) in [6, 6.07) is 18.1. The van der Waals surface area contributed by atoms with Crippen LogP contribution in [0.4, 0.5) is 8.78 Å². The topological polar surface area (TPSA) is 9.23 Å². The van der Waals surface area contributed by atoms with Gasteiger partial charge in [0.1, 0.15) is 24.0 Å². The van der Waals surface area contributed by atoms with E-state index in [-0.39, 0.29) is 5.56 Å². The molecule has 126 valence electrons. The summed E-state index contributed by atoms with van der Waals surface area (Å²) >= 11 is 0. The van der Waals surface area contributed by atoms with Crippen LogP contribution < -0.4 is 4.74 Å². The number of halogens is 2. The van der Waals surface area contributed by atoms with Crippen molar-refractivity contribution in [3.63, 3.8) is 0 Å². The van der Waals surface area contributed by atoms with Crippen molar-refractivity contribution < 1.29 is 13.5 Å². The highest BCUT2D eigenvalue weighted by atomic mass is 19.1. The molecule has 0 atom stereocenters. The first kappa shape index (κ1) is 16.9. The van der Waals surface area contributed by atoms with E-state index in [1.54, 1.807) is 6.08 Å². The lowest BCUT2D eigenvalue weighted by Crippen LogP contribution is -1.92. The van der Waals surface area contributed by atoms with E-state index in [2.05, 4.69) is 6.58 Å². The molecule has 3 rings (SSSR count). The fourth-order valence-electron chi connectivity index (χ4n) is 2.57. The number of ether oxygens (including phenoxy) is 1. The van der Waals surface area contributed by atoms with Gasteiger partial charge in [0.15, 0.2) is 0 Å². The first-order valence-electron chi connectivity index (χ1n) is 7.98. The summed E-state index contributed by atoms with van der Waals surface area (Å²) in [6.45, 7) is 5.52. The van der Waals surface area contributed by atoms with Gasteiger partial charge in [-0.1, -0.05) is 49.1 Å². The van der Waals surface area contributed by atoms with Crippen LogP contribution in [0.2, 0.25) is 0 Å². The number of benzene rings is 3. The van der Waals surface area contributed by atoms with Crippen LogP contribution in [-0.2, 0) is 0 Å². The van der Waals surface area contributed by atoms with Gasteiger partial charge in [-0.25, -0.2) is 8.78 Å². The molecule has 0 heterocycles. The Labute approximate surface area is 146 Å². The lowest BCUT2D eigenvalue weighted by molar-refractivity contribution is 0.363. The summed E-state index contributed by atoms with van der Waals surface area (Å²) < 4.78 is 32.9. The highest BCUT2D eigenvalue weighted by molar-refractivity contribution is 5.71. The molecule has 3 aromatic carbocycles. The zero-order chi connectivity index (χ0) is 17.8. The molecule has 3 aromatic rings. The Morgan fingerprint density at radius 3 is 1.72 bits per heavy atom. The Morgan fingerprint density at radius 1 is 0.800 bits per heavy atom. The normalized spacial score (nSPS) is 10.5. The molecule has 0 aliphatic heterocycles. The molecular weight excluding hydrogens is 318 g/mol. The van der Waals surface area contributed by atoms with Crippen molar-refractivity contribution in [3.05, 3.63) is 90.5 Å². The fraction of sp³-hybridized carbons (Fsp3) is 0.0909. The molecule has 0 spiro atoms. The number of hydrogen-bond acceptors (Lipinski definition) is 1. The molecular formula is C22H18F2O. The quantitative estimate of drug-likeness (QED) is 0.506. The molecule has 0 saturated heterocycles. The second kappa shape index (κ2) is 7.31. The highest BCUT2D eigenvalue weighted by Crippen LogP contribution is 2.28. The second-order valence-electron chi connectivity index (χ2n) is 5.77. The molecule has 25 heavy (non-hydrogen) atoms. The maximum atomic E-state index is 13.7. The Hall–Kier alpha value is -2.94. The van der Waals surface area contributed by atoms with Crippen molar-refractivity contribution in [2.75, 3.05) is 6.61 Å². The standard InChI is InChI=1S/C22H18F2O/c1-3-12-25-20-10-8-17(9-11-20)16-4-6-18(7-5-16)19-13-21(23)15(2)22(24)14-19/h3-11,13-14H,1,12H2,2H3. The molecule has 3 heteroatoms. The highest BCUT2D eigenvalue weighted by Gasteiger charge is 2.08. The average Bonchev–Trinajstić information content (AvgIpc) is 2.64. The molecule has 0 aliphatic rings. The van der Waals surface area contributed by atoms with Crippen LogP contribution in [0.3, 0.4) is 0 Å². The van der Waals surface area contributed by atoms with Gasteiger partial charge in [-0.2, -0.15) is 0 Å². The second-order valence-corrected chi connectivity index (χ2v) is 5.77. The molecule has 0 amide bonds. The number of hydrogen-bond donors (Lipinski definition) is 0. The van der Waals surface area contributed by atoms with Gasteiger partial charge in [0.05, 0.1) is 0 Å². The Kier molecular flexibility index (Phi) is 4.94. The van der Waals surface area contributed by atoms with Crippen molar-refractivity contribution in [2.45, 2.75) is 6.92 Å². The third kappa shape index (κ3) is 3.77. The summed E-state index contributed by atoms with van der Waals surface area (Å²) in [5.41, 5.74) is 3.40. The third-order valence-electron chi connectivity index (χ3n) is 4.05. The van der Waals surface area contributed by atoms with E-state index in [1.165, 1.54) is 19.1 Å². The monoisotopic (exact) mass is 336 g/mol. The summed E-state index contributed by atoms with van der Waals surface area (Å²) in [5.74, 6) is -0.283. The first-order chi connectivity index (χ1) is 12.1. The van der Waals surface area contributed by atoms with Crippen molar-refractivity contribution in [1.29, 1.82) is 0 Å². The van der Waals surface area contributed by atoms with E-state index in [0.29, 0.717) is 12.2 Å². The van der Waals surface area contributed by atoms with Crippen LogP contribution in [0.1, 0.15) is 5.56 Å². The largest absolute Gasteiger partial charge is 0.490 e. The smallest absolute Gasteiger partial charge is 0.129 e. The molecule has 1 nitrogen and oxygen atoms in total. The van der Waals surface area contributed by atoms with Crippen molar-refractivity contribution >= 4 is 0 Å². The molecule has 0 radical (unpaired) electrons. The molecule has 0 aliphatic carbocycles. The molecule has 0 N–H and O–H groups in total. The van der Waals surface area contributed by atoms with Crippen LogP contribution in [0.5, 0.6) is 5.75 Å². The zero-order valence-electron chi connectivity index (χ0n) is 13.9. The van der Waals surface area contributed by atoms with Crippen LogP contribution in [-0.4, -0.2) is 6.61 Å². The molecule has 0 aromatic heterocycles. The van der Waals surface area contributed by atoms with Gasteiger partial charge in [-0.15, -0.1) is 0 Å². The van der Waals surface area contributed by atoms with Gasteiger partial charge in [0, 0.05) is 5.56 Å². The SMILES string of the molecule is C=CCOc1ccc(-c2ccc(-c3cc(F)c(C)c(F)c3)cc2)cc1. The predicted octanol–water partition coefficient (Wildman–Crippen LogP) is 6.17. The van der Waals surface area contributed by atoms with Gasteiger partial charge < -0.3 is 4.74 Å². The molecule has 0 saturated carbocycles. The fourth-order valence-corrected chi connectivity index (χ4v) is 2.57.